The molecule has 0 saturated carbocycles. The molecule has 1 aromatic rings. The molecule has 0 spiro atoms. The van der Waals surface area contributed by atoms with Crippen molar-refractivity contribution >= 4 is 34.8 Å². The van der Waals surface area contributed by atoms with Crippen LogP contribution < -0.4 is 0 Å². The van der Waals surface area contributed by atoms with Crippen LogP contribution in [0.25, 0.3) is 0 Å². The van der Waals surface area contributed by atoms with E-state index in [0.29, 0.717) is 10.6 Å². The van der Waals surface area contributed by atoms with Crippen molar-refractivity contribution < 1.29 is 4.39 Å². The zero-order valence-electron chi connectivity index (χ0n) is 5.37. The molecule has 60 valence electrons. The smallest absolute Gasteiger partial charge is 0.142 e. The molecule has 4 heteroatoms. The molecule has 0 aliphatic carbocycles. The molecule has 0 aliphatic rings. The molecular weight excluding hydrogens is 209 g/mol. The van der Waals surface area contributed by atoms with E-state index >= 15 is 0 Å². The van der Waals surface area contributed by atoms with Crippen molar-refractivity contribution in [3.05, 3.63) is 33.6 Å². The molecule has 0 fully saturated rings. The van der Waals surface area contributed by atoms with Crippen molar-refractivity contribution in [3.8, 4) is 0 Å². The molecule has 0 unspecified atom stereocenters. The van der Waals surface area contributed by atoms with E-state index < -0.39 is 5.82 Å². The van der Waals surface area contributed by atoms with Crippen molar-refractivity contribution in [3.63, 3.8) is 0 Å². The van der Waals surface area contributed by atoms with Crippen LogP contribution in [0.15, 0.2) is 12.1 Å². The van der Waals surface area contributed by atoms with Gasteiger partial charge in [0.25, 0.3) is 0 Å². The summed E-state index contributed by atoms with van der Waals surface area (Å²) in [6.07, 6.45) is 0. The molecule has 0 atom stereocenters. The summed E-state index contributed by atoms with van der Waals surface area (Å²) in [7, 11) is 0. The first-order valence-corrected chi connectivity index (χ1v) is 4.14. The van der Waals surface area contributed by atoms with Crippen LogP contribution in [0.5, 0.6) is 0 Å². The van der Waals surface area contributed by atoms with E-state index in [1.165, 1.54) is 12.1 Å². The lowest BCUT2D eigenvalue weighted by Gasteiger charge is -2.02. The van der Waals surface area contributed by atoms with Gasteiger partial charge in [0, 0.05) is 10.6 Å². The Morgan fingerprint density at radius 3 is 2.36 bits per heavy atom. The molecule has 0 nitrogen and oxygen atoms in total. The Bertz CT molecular complexity index is 273. The van der Waals surface area contributed by atoms with Gasteiger partial charge in [-0.05, 0) is 12.1 Å². The predicted octanol–water partition coefficient (Wildman–Crippen LogP) is 3.87. The first-order chi connectivity index (χ1) is 5.16. The van der Waals surface area contributed by atoms with Crippen LogP contribution >= 0.6 is 34.8 Å². The quantitative estimate of drug-likeness (QED) is 0.491. The maximum atomic E-state index is 12.7. The van der Waals surface area contributed by atoms with Crippen molar-refractivity contribution in [2.45, 2.75) is 5.88 Å². The Balaban J connectivity index is 3.29. The Morgan fingerprint density at radius 1 is 1.27 bits per heavy atom. The van der Waals surface area contributed by atoms with Crippen molar-refractivity contribution in [1.82, 2.24) is 0 Å². The van der Waals surface area contributed by atoms with Crippen LogP contribution in [0.4, 0.5) is 4.39 Å². The maximum Gasteiger partial charge on any atom is 0.142 e. The lowest BCUT2D eigenvalue weighted by Crippen LogP contribution is -1.86. The van der Waals surface area contributed by atoms with Crippen LogP contribution in [0.3, 0.4) is 0 Å². The topological polar surface area (TPSA) is 0 Å². The number of halogens is 4. The van der Waals surface area contributed by atoms with Crippen molar-refractivity contribution in [2.24, 2.45) is 0 Å². The fraction of sp³-hybridized carbons (Fsp3) is 0.143. The predicted molar refractivity (Wildman–Crippen MR) is 46.0 cm³/mol. The minimum absolute atomic E-state index is 0.00694. The molecule has 0 aliphatic heterocycles. The maximum absolute atomic E-state index is 12.7. The summed E-state index contributed by atoms with van der Waals surface area (Å²) in [5.74, 6) is -0.373. The third-order valence-electron chi connectivity index (χ3n) is 1.27. The highest BCUT2D eigenvalue weighted by Gasteiger charge is 2.08. The Morgan fingerprint density at radius 2 is 1.91 bits per heavy atom. The van der Waals surface area contributed by atoms with Gasteiger partial charge >= 0.3 is 0 Å². The summed E-state index contributed by atoms with van der Waals surface area (Å²) in [6, 6.07) is 2.64. The van der Waals surface area contributed by atoms with E-state index in [1.807, 2.05) is 0 Å². The van der Waals surface area contributed by atoms with Crippen LogP contribution in [-0.2, 0) is 5.88 Å². The standard InChI is InChI=1S/C7H4Cl3F/c8-3-4-5(9)1-2-6(11)7(4)10/h1-2H,3H2. The number of hydrogen-bond acceptors (Lipinski definition) is 0. The summed E-state index contributed by atoms with van der Waals surface area (Å²) < 4.78 is 12.7. The summed E-state index contributed by atoms with van der Waals surface area (Å²) in [6.45, 7) is 0. The summed E-state index contributed by atoms with van der Waals surface area (Å²) in [4.78, 5) is 0. The van der Waals surface area contributed by atoms with Gasteiger partial charge in [-0.1, -0.05) is 23.2 Å². The van der Waals surface area contributed by atoms with Gasteiger partial charge in [0.05, 0.1) is 10.9 Å². The second kappa shape index (κ2) is 3.61. The summed E-state index contributed by atoms with van der Waals surface area (Å²) in [5.41, 5.74) is 0.440. The van der Waals surface area contributed by atoms with E-state index in [9.17, 15) is 4.39 Å². The van der Waals surface area contributed by atoms with E-state index in [1.54, 1.807) is 0 Å². The molecule has 0 aromatic heterocycles. The minimum atomic E-state index is -0.494. The van der Waals surface area contributed by atoms with Crippen LogP contribution in [0, 0.1) is 5.82 Å². The summed E-state index contributed by atoms with van der Waals surface area (Å²) in [5, 5.41) is 0.402. The highest BCUT2D eigenvalue weighted by Crippen LogP contribution is 2.28. The Hall–Kier alpha value is 0.0200. The molecular formula is C7H4Cl3F. The second-order valence-electron chi connectivity index (χ2n) is 1.96. The lowest BCUT2D eigenvalue weighted by molar-refractivity contribution is 0.627. The van der Waals surface area contributed by atoms with Gasteiger partial charge in [0.15, 0.2) is 0 Å². The van der Waals surface area contributed by atoms with Crippen LogP contribution in [0.1, 0.15) is 5.56 Å². The van der Waals surface area contributed by atoms with Gasteiger partial charge in [-0.25, -0.2) is 4.39 Å². The fourth-order valence-corrected chi connectivity index (χ4v) is 1.61. The molecule has 1 rings (SSSR count). The molecule has 0 amide bonds. The zero-order chi connectivity index (χ0) is 8.43. The van der Waals surface area contributed by atoms with E-state index in [0.717, 1.165) is 0 Å². The van der Waals surface area contributed by atoms with E-state index in [2.05, 4.69) is 0 Å². The Labute approximate surface area is 78.9 Å². The highest BCUT2D eigenvalue weighted by atomic mass is 35.5. The fourth-order valence-electron chi connectivity index (χ4n) is 0.692. The van der Waals surface area contributed by atoms with Gasteiger partial charge < -0.3 is 0 Å². The average molecular weight is 213 g/mol. The molecule has 1 aromatic carbocycles. The molecule has 0 radical (unpaired) electrons. The van der Waals surface area contributed by atoms with Crippen LogP contribution in [-0.4, -0.2) is 0 Å². The minimum Gasteiger partial charge on any atom is -0.205 e. The second-order valence-corrected chi connectivity index (χ2v) is 3.01. The first-order valence-electron chi connectivity index (χ1n) is 2.85. The van der Waals surface area contributed by atoms with Crippen LogP contribution in [0.2, 0.25) is 10.0 Å². The molecule has 11 heavy (non-hydrogen) atoms. The van der Waals surface area contributed by atoms with Gasteiger partial charge in [-0.2, -0.15) is 0 Å². The number of alkyl halides is 1. The average Bonchev–Trinajstić information content (AvgIpc) is 1.99. The molecule has 0 N–H and O–H groups in total. The van der Waals surface area contributed by atoms with Gasteiger partial charge in [0.2, 0.25) is 0 Å². The molecule has 0 heterocycles. The largest absolute Gasteiger partial charge is 0.205 e. The normalized spacial score (nSPS) is 10.2. The van der Waals surface area contributed by atoms with Gasteiger partial charge in [-0.15, -0.1) is 11.6 Å². The zero-order valence-corrected chi connectivity index (χ0v) is 7.64. The van der Waals surface area contributed by atoms with Gasteiger partial charge in [0.1, 0.15) is 5.82 Å². The van der Waals surface area contributed by atoms with Gasteiger partial charge in [-0.3, -0.25) is 0 Å². The third kappa shape index (κ3) is 1.78. The highest BCUT2D eigenvalue weighted by molar-refractivity contribution is 6.37. The lowest BCUT2D eigenvalue weighted by atomic mass is 10.2. The monoisotopic (exact) mass is 212 g/mol. The van der Waals surface area contributed by atoms with Crippen molar-refractivity contribution in [2.75, 3.05) is 0 Å². The summed E-state index contributed by atoms with van der Waals surface area (Å²) >= 11 is 16.7. The Kier molecular flexibility index (Phi) is 2.99. The number of benzene rings is 1. The van der Waals surface area contributed by atoms with E-state index in [-0.39, 0.29) is 10.9 Å². The van der Waals surface area contributed by atoms with Crippen molar-refractivity contribution in [1.29, 1.82) is 0 Å². The first kappa shape index (κ1) is 9.11. The van der Waals surface area contributed by atoms with E-state index in [4.69, 9.17) is 34.8 Å². The number of rotatable bonds is 1. The third-order valence-corrected chi connectivity index (χ3v) is 2.30. The molecule has 0 saturated heterocycles. The molecule has 0 bridgehead atoms. The number of hydrogen-bond donors (Lipinski definition) is 0. The SMILES string of the molecule is Fc1ccc(Cl)c(CCl)c1Cl.